The molecule has 214 valence electrons. The Bertz CT molecular complexity index is 3040. The maximum absolute atomic E-state index is 6.57. The molecule has 4 heterocycles. The van der Waals surface area contributed by atoms with Crippen LogP contribution < -0.4 is 0 Å². The van der Waals surface area contributed by atoms with Gasteiger partial charge in [-0.3, -0.25) is 4.57 Å². The molecule has 0 N–H and O–H groups in total. The first-order valence-corrected chi connectivity index (χ1v) is 16.3. The summed E-state index contributed by atoms with van der Waals surface area (Å²) < 4.78 is 13.6. The highest BCUT2D eigenvalue weighted by molar-refractivity contribution is 7.26. The minimum absolute atomic E-state index is 0.583. The fourth-order valence-electron chi connectivity index (χ4n) is 7.61. The van der Waals surface area contributed by atoms with Crippen LogP contribution in [0.4, 0.5) is 0 Å². The van der Waals surface area contributed by atoms with Crippen molar-refractivity contribution >= 4 is 97.0 Å². The summed E-state index contributed by atoms with van der Waals surface area (Å²) in [5.41, 5.74) is 7.36. The van der Waals surface area contributed by atoms with E-state index >= 15 is 0 Å². The normalized spacial score (nSPS) is 12.3. The number of para-hydroxylation sites is 2. The number of nitrogens with zero attached hydrogens (tertiary/aromatic N) is 3. The molecule has 11 rings (SSSR count). The Morgan fingerprint density at radius 2 is 1.17 bits per heavy atom. The first-order chi connectivity index (χ1) is 22.8. The zero-order valence-electron chi connectivity index (χ0n) is 24.4. The fourth-order valence-corrected chi connectivity index (χ4v) is 8.72. The van der Waals surface area contributed by atoms with Gasteiger partial charge in [0.25, 0.3) is 0 Å². The summed E-state index contributed by atoms with van der Waals surface area (Å²) >= 11 is 1.80. The predicted octanol–water partition coefficient (Wildman–Crippen LogP) is 11.5. The molecule has 0 fully saturated rings. The summed E-state index contributed by atoms with van der Waals surface area (Å²) in [5.74, 6) is 0. The largest absolute Gasteiger partial charge is 0.423 e. The molecule has 0 amide bonds. The summed E-state index contributed by atoms with van der Waals surface area (Å²) in [6, 6.07) is 50.6. The van der Waals surface area contributed by atoms with Crippen molar-refractivity contribution in [2.45, 2.75) is 0 Å². The average Bonchev–Trinajstić information content (AvgIpc) is 3.86. The fraction of sp³-hybridized carbons (Fsp3) is 0. The van der Waals surface area contributed by atoms with Crippen LogP contribution >= 0.6 is 11.3 Å². The summed E-state index contributed by atoms with van der Waals surface area (Å²) in [4.78, 5) is 5.19. The molecular formula is C41H23N3OS. The van der Waals surface area contributed by atoms with Gasteiger partial charge in [0.1, 0.15) is 5.52 Å². The molecule has 5 heteroatoms. The Morgan fingerprint density at radius 1 is 0.478 bits per heavy atom. The van der Waals surface area contributed by atoms with Gasteiger partial charge < -0.3 is 8.98 Å². The van der Waals surface area contributed by atoms with E-state index in [-0.39, 0.29) is 0 Å². The summed E-state index contributed by atoms with van der Waals surface area (Å²) in [7, 11) is 0. The lowest BCUT2D eigenvalue weighted by Crippen LogP contribution is -1.96. The van der Waals surface area contributed by atoms with Gasteiger partial charge in [-0.1, -0.05) is 84.9 Å². The van der Waals surface area contributed by atoms with Crippen LogP contribution in [0.15, 0.2) is 144 Å². The van der Waals surface area contributed by atoms with E-state index in [0.717, 1.165) is 38.6 Å². The molecular weight excluding hydrogens is 583 g/mol. The molecule has 4 nitrogen and oxygen atoms in total. The Kier molecular flexibility index (Phi) is 4.69. The number of fused-ring (bicyclic) bond motifs is 13. The van der Waals surface area contributed by atoms with Gasteiger partial charge in [-0.2, -0.15) is 4.98 Å². The maximum atomic E-state index is 6.57. The lowest BCUT2D eigenvalue weighted by atomic mass is 10.0. The van der Waals surface area contributed by atoms with Crippen LogP contribution in [0, 0.1) is 0 Å². The van der Waals surface area contributed by atoms with E-state index in [1.807, 2.05) is 0 Å². The Hall–Kier alpha value is -5.91. The second-order valence-corrected chi connectivity index (χ2v) is 13.1. The highest BCUT2D eigenvalue weighted by Crippen LogP contribution is 2.41. The number of hydrogen-bond donors (Lipinski definition) is 0. The van der Waals surface area contributed by atoms with Gasteiger partial charge in [0.15, 0.2) is 5.58 Å². The minimum atomic E-state index is 0.583. The van der Waals surface area contributed by atoms with Crippen molar-refractivity contribution in [3.05, 3.63) is 140 Å². The van der Waals surface area contributed by atoms with Crippen molar-refractivity contribution in [2.24, 2.45) is 0 Å². The number of aromatic nitrogens is 3. The molecule has 11 aromatic rings. The molecule has 0 saturated carbocycles. The highest BCUT2D eigenvalue weighted by atomic mass is 32.1. The second-order valence-electron chi connectivity index (χ2n) is 12.0. The molecule has 0 unspecified atom stereocenters. The van der Waals surface area contributed by atoms with Crippen LogP contribution in [0.2, 0.25) is 0 Å². The molecule has 0 saturated heterocycles. The molecule has 0 aliphatic heterocycles. The monoisotopic (exact) mass is 605 g/mol. The molecule has 0 atom stereocenters. The third kappa shape index (κ3) is 3.14. The van der Waals surface area contributed by atoms with E-state index in [1.165, 1.54) is 52.8 Å². The molecule has 0 radical (unpaired) electrons. The van der Waals surface area contributed by atoms with Gasteiger partial charge in [0.05, 0.1) is 22.1 Å². The first-order valence-electron chi connectivity index (χ1n) is 15.5. The van der Waals surface area contributed by atoms with E-state index in [1.54, 1.807) is 11.3 Å². The molecule has 7 aromatic carbocycles. The average molecular weight is 606 g/mol. The van der Waals surface area contributed by atoms with Gasteiger partial charge >= 0.3 is 6.01 Å². The maximum Gasteiger partial charge on any atom is 0.307 e. The van der Waals surface area contributed by atoms with Crippen LogP contribution in [-0.2, 0) is 0 Å². The van der Waals surface area contributed by atoms with Gasteiger partial charge in [0, 0.05) is 47.4 Å². The zero-order chi connectivity index (χ0) is 29.9. The van der Waals surface area contributed by atoms with E-state index in [0.29, 0.717) is 6.01 Å². The number of thiophene rings is 1. The van der Waals surface area contributed by atoms with E-state index in [4.69, 9.17) is 9.40 Å². The third-order valence-electron chi connectivity index (χ3n) is 9.56. The molecule has 0 aliphatic carbocycles. The lowest BCUT2D eigenvalue weighted by Gasteiger charge is -2.09. The quantitative estimate of drug-likeness (QED) is 0.196. The van der Waals surface area contributed by atoms with Gasteiger partial charge in [-0.15, -0.1) is 11.3 Å². The Morgan fingerprint density at radius 3 is 2.07 bits per heavy atom. The lowest BCUT2D eigenvalue weighted by molar-refractivity contribution is 0.574. The van der Waals surface area contributed by atoms with E-state index < -0.39 is 0 Å². The van der Waals surface area contributed by atoms with Crippen LogP contribution in [0.3, 0.4) is 0 Å². The number of oxazole rings is 1. The first kappa shape index (κ1) is 24.4. The van der Waals surface area contributed by atoms with E-state index in [2.05, 4.69) is 149 Å². The zero-order valence-corrected chi connectivity index (χ0v) is 25.3. The SMILES string of the molecule is c1ccc2c(c1)ccc1c2c2ccccc2n1-c1ccc2c(c1)c1ccccc1n2-c1nc2c(ccc3sc4ccccc4c32)o1. The summed E-state index contributed by atoms with van der Waals surface area (Å²) in [6.07, 6.45) is 0. The van der Waals surface area contributed by atoms with Gasteiger partial charge in [0.2, 0.25) is 0 Å². The van der Waals surface area contributed by atoms with E-state index in [9.17, 15) is 0 Å². The minimum Gasteiger partial charge on any atom is -0.423 e. The van der Waals surface area contributed by atoms with Crippen molar-refractivity contribution in [3.8, 4) is 11.7 Å². The van der Waals surface area contributed by atoms with Crippen molar-refractivity contribution in [3.63, 3.8) is 0 Å². The smallest absolute Gasteiger partial charge is 0.307 e. The molecule has 0 spiro atoms. The van der Waals surface area contributed by atoms with Crippen molar-refractivity contribution in [2.75, 3.05) is 0 Å². The number of benzene rings is 7. The van der Waals surface area contributed by atoms with Crippen LogP contribution in [0.1, 0.15) is 0 Å². The molecule has 0 bridgehead atoms. The topological polar surface area (TPSA) is 35.9 Å². The molecule has 0 aliphatic rings. The Balaban J connectivity index is 1.19. The van der Waals surface area contributed by atoms with Crippen molar-refractivity contribution in [1.82, 2.24) is 14.1 Å². The second kappa shape index (κ2) is 8.84. The molecule has 46 heavy (non-hydrogen) atoms. The standard InChI is InChI=1S/C41H23N3OS/c1-2-10-26-24(9-1)17-19-34-38(26)28-12-4-7-15-32(28)43(34)25-18-20-33-30(23-25)27-11-3-6-14-31(27)44(33)41-42-40-35(45-41)21-22-37-39(40)29-13-5-8-16-36(29)46-37/h1-23H. The summed E-state index contributed by atoms with van der Waals surface area (Å²) in [5, 5.41) is 9.78. The predicted molar refractivity (Wildman–Crippen MR) is 193 cm³/mol. The molecule has 4 aromatic heterocycles. The van der Waals surface area contributed by atoms with Crippen LogP contribution in [-0.4, -0.2) is 14.1 Å². The Labute approximate surface area is 265 Å². The summed E-state index contributed by atoms with van der Waals surface area (Å²) in [6.45, 7) is 0. The van der Waals surface area contributed by atoms with Gasteiger partial charge in [-0.05, 0) is 65.4 Å². The van der Waals surface area contributed by atoms with Crippen molar-refractivity contribution < 1.29 is 4.42 Å². The highest BCUT2D eigenvalue weighted by Gasteiger charge is 2.21. The third-order valence-corrected chi connectivity index (χ3v) is 10.7. The van der Waals surface area contributed by atoms with Crippen LogP contribution in [0.5, 0.6) is 0 Å². The van der Waals surface area contributed by atoms with Gasteiger partial charge in [-0.25, -0.2) is 0 Å². The van der Waals surface area contributed by atoms with Crippen molar-refractivity contribution in [1.29, 1.82) is 0 Å². The number of rotatable bonds is 2. The number of hydrogen-bond acceptors (Lipinski definition) is 3. The van der Waals surface area contributed by atoms with Crippen LogP contribution in [0.25, 0.3) is 97.4 Å².